The van der Waals surface area contributed by atoms with E-state index in [1.54, 1.807) is 66.7 Å². The van der Waals surface area contributed by atoms with Gasteiger partial charge in [-0.25, -0.2) is 10.2 Å². The lowest BCUT2D eigenvalue weighted by Gasteiger charge is -2.07. The number of halogens is 2. The van der Waals surface area contributed by atoms with Crippen molar-refractivity contribution in [2.45, 2.75) is 0 Å². The summed E-state index contributed by atoms with van der Waals surface area (Å²) in [6, 6.07) is 20.3. The number of hydrazone groups is 1. The smallest absolute Gasteiger partial charge is 0.343 e. The molecule has 1 amide bonds. The molecule has 0 aliphatic rings. The van der Waals surface area contributed by atoms with E-state index in [9.17, 15) is 9.59 Å². The number of carbonyl (C=O) groups is 2. The summed E-state index contributed by atoms with van der Waals surface area (Å²) < 4.78 is 6.11. The lowest BCUT2D eigenvalue weighted by atomic mass is 10.2. The number of hydrogen-bond acceptors (Lipinski definition) is 4. The summed E-state index contributed by atoms with van der Waals surface area (Å²) in [4.78, 5) is 24.5. The number of para-hydroxylation sites is 1. The van der Waals surface area contributed by atoms with Gasteiger partial charge in [0.2, 0.25) is 0 Å². The van der Waals surface area contributed by atoms with Gasteiger partial charge in [0.25, 0.3) is 5.91 Å². The van der Waals surface area contributed by atoms with E-state index in [1.165, 1.54) is 6.21 Å². The van der Waals surface area contributed by atoms with E-state index >= 15 is 0 Å². The predicted octanol–water partition coefficient (Wildman–Crippen LogP) is 5.09. The number of nitrogens with zero attached hydrogens (tertiary/aromatic N) is 1. The minimum Gasteiger partial charge on any atom is -0.422 e. The van der Waals surface area contributed by atoms with Crippen LogP contribution >= 0.6 is 27.5 Å². The molecule has 1 N–H and O–H groups in total. The normalized spacial score (nSPS) is 10.6. The van der Waals surface area contributed by atoms with Gasteiger partial charge in [-0.1, -0.05) is 35.9 Å². The van der Waals surface area contributed by atoms with Gasteiger partial charge in [-0.05, 0) is 64.5 Å². The molecule has 0 saturated heterocycles. The fourth-order valence-electron chi connectivity index (χ4n) is 2.29. The molecular formula is C21H14BrClN2O3. The Morgan fingerprint density at radius 3 is 2.39 bits per heavy atom. The van der Waals surface area contributed by atoms with Crippen LogP contribution in [0.3, 0.4) is 0 Å². The Bertz CT molecular complexity index is 1040. The average Bonchev–Trinajstić information content (AvgIpc) is 2.70. The maximum absolute atomic E-state index is 12.3. The summed E-state index contributed by atoms with van der Waals surface area (Å²) >= 11 is 9.15. The molecule has 0 aromatic heterocycles. The van der Waals surface area contributed by atoms with Crippen molar-refractivity contribution in [1.29, 1.82) is 0 Å². The van der Waals surface area contributed by atoms with Crippen LogP contribution in [-0.2, 0) is 0 Å². The molecule has 0 aliphatic carbocycles. The lowest BCUT2D eigenvalue weighted by Crippen LogP contribution is -2.18. The fourth-order valence-corrected chi connectivity index (χ4v) is 2.88. The highest BCUT2D eigenvalue weighted by molar-refractivity contribution is 9.10. The molecule has 3 aromatic carbocycles. The lowest BCUT2D eigenvalue weighted by molar-refractivity contribution is 0.0734. The number of ether oxygens (including phenoxy) is 1. The van der Waals surface area contributed by atoms with Crippen molar-refractivity contribution in [2.24, 2.45) is 5.10 Å². The zero-order valence-electron chi connectivity index (χ0n) is 14.4. The van der Waals surface area contributed by atoms with E-state index in [0.717, 1.165) is 0 Å². The van der Waals surface area contributed by atoms with Gasteiger partial charge in [0.05, 0.1) is 17.3 Å². The Labute approximate surface area is 175 Å². The van der Waals surface area contributed by atoms with Crippen molar-refractivity contribution in [3.05, 3.63) is 99.0 Å². The Hall–Kier alpha value is -2.96. The number of rotatable bonds is 5. The third-order valence-corrected chi connectivity index (χ3v) is 4.63. The second kappa shape index (κ2) is 9.30. The quantitative estimate of drug-likeness (QED) is 0.251. The number of amides is 1. The molecule has 3 aromatic rings. The zero-order chi connectivity index (χ0) is 19.9. The molecule has 7 heteroatoms. The van der Waals surface area contributed by atoms with Gasteiger partial charge in [0.1, 0.15) is 5.75 Å². The van der Waals surface area contributed by atoms with E-state index in [1.807, 2.05) is 6.07 Å². The van der Waals surface area contributed by atoms with Gasteiger partial charge in [0, 0.05) is 15.1 Å². The second-order valence-electron chi connectivity index (χ2n) is 5.61. The van der Waals surface area contributed by atoms with Crippen molar-refractivity contribution < 1.29 is 14.3 Å². The third-order valence-electron chi connectivity index (χ3n) is 3.69. The molecule has 0 saturated carbocycles. The van der Waals surface area contributed by atoms with Crippen LogP contribution in [0.1, 0.15) is 26.3 Å². The average molecular weight is 458 g/mol. The standard InChI is InChI=1S/C21H14BrClN2O3/c22-18-7-3-2-6-17(18)20(26)25-24-13-15-5-1-4-8-19(15)28-21(27)14-9-11-16(23)12-10-14/h1-13H,(H,25,26)/b24-13-. The first-order valence-electron chi connectivity index (χ1n) is 8.19. The molecule has 28 heavy (non-hydrogen) atoms. The predicted molar refractivity (Wildman–Crippen MR) is 112 cm³/mol. The van der Waals surface area contributed by atoms with Crippen molar-refractivity contribution in [2.75, 3.05) is 0 Å². The molecule has 0 unspecified atom stereocenters. The summed E-state index contributed by atoms with van der Waals surface area (Å²) in [5, 5.41) is 4.49. The molecule has 0 bridgehead atoms. The first-order chi connectivity index (χ1) is 13.5. The topological polar surface area (TPSA) is 67.8 Å². The SMILES string of the molecule is O=C(Oc1ccccc1/C=N\NC(=O)c1ccccc1Br)c1ccc(Cl)cc1. The highest BCUT2D eigenvalue weighted by atomic mass is 79.9. The number of benzene rings is 3. The van der Waals surface area contributed by atoms with Gasteiger partial charge in [-0.2, -0.15) is 5.10 Å². The second-order valence-corrected chi connectivity index (χ2v) is 6.90. The minimum atomic E-state index is -0.519. The summed E-state index contributed by atoms with van der Waals surface area (Å²) in [7, 11) is 0. The van der Waals surface area contributed by atoms with Crippen molar-refractivity contribution in [1.82, 2.24) is 5.43 Å². The molecule has 5 nitrogen and oxygen atoms in total. The Morgan fingerprint density at radius 1 is 0.964 bits per heavy atom. The third kappa shape index (κ3) is 5.06. The number of esters is 1. The molecular weight excluding hydrogens is 444 g/mol. The van der Waals surface area contributed by atoms with Crippen molar-refractivity contribution in [3.8, 4) is 5.75 Å². The number of nitrogens with one attached hydrogen (secondary N) is 1. The van der Waals surface area contributed by atoms with E-state index in [0.29, 0.717) is 31.9 Å². The molecule has 0 spiro atoms. The summed E-state index contributed by atoms with van der Waals surface area (Å²) in [6.45, 7) is 0. The van der Waals surface area contributed by atoms with Gasteiger partial charge in [-0.3, -0.25) is 4.79 Å². The highest BCUT2D eigenvalue weighted by Gasteiger charge is 2.11. The van der Waals surface area contributed by atoms with Crippen LogP contribution in [0.25, 0.3) is 0 Å². The van der Waals surface area contributed by atoms with Gasteiger partial charge < -0.3 is 4.74 Å². The largest absolute Gasteiger partial charge is 0.422 e. The molecule has 0 atom stereocenters. The van der Waals surface area contributed by atoms with Crippen LogP contribution in [0.5, 0.6) is 5.75 Å². The van der Waals surface area contributed by atoms with Crippen molar-refractivity contribution >= 4 is 45.6 Å². The Balaban J connectivity index is 1.70. The zero-order valence-corrected chi connectivity index (χ0v) is 16.8. The molecule has 0 heterocycles. The van der Waals surface area contributed by atoms with E-state index in [4.69, 9.17) is 16.3 Å². The monoisotopic (exact) mass is 456 g/mol. The molecule has 0 aliphatic heterocycles. The Morgan fingerprint density at radius 2 is 1.64 bits per heavy atom. The highest BCUT2D eigenvalue weighted by Crippen LogP contribution is 2.19. The van der Waals surface area contributed by atoms with Crippen LogP contribution in [0.15, 0.2) is 82.4 Å². The van der Waals surface area contributed by atoms with Gasteiger partial charge in [0.15, 0.2) is 0 Å². The summed E-state index contributed by atoms with van der Waals surface area (Å²) in [6.07, 6.45) is 1.42. The van der Waals surface area contributed by atoms with Crippen molar-refractivity contribution in [3.63, 3.8) is 0 Å². The van der Waals surface area contributed by atoms with Crippen LogP contribution in [-0.4, -0.2) is 18.1 Å². The van der Waals surface area contributed by atoms with E-state index in [-0.39, 0.29) is 5.91 Å². The number of hydrogen-bond donors (Lipinski definition) is 1. The van der Waals surface area contributed by atoms with E-state index in [2.05, 4.69) is 26.5 Å². The number of carbonyl (C=O) groups excluding carboxylic acids is 2. The summed E-state index contributed by atoms with van der Waals surface area (Å²) in [5.41, 5.74) is 3.82. The minimum absolute atomic E-state index is 0.321. The maximum atomic E-state index is 12.3. The van der Waals surface area contributed by atoms with Gasteiger partial charge >= 0.3 is 5.97 Å². The molecule has 3 rings (SSSR count). The summed E-state index contributed by atoms with van der Waals surface area (Å²) in [5.74, 6) is -0.560. The molecule has 0 fully saturated rings. The van der Waals surface area contributed by atoms with Crippen LogP contribution in [0.4, 0.5) is 0 Å². The van der Waals surface area contributed by atoms with Gasteiger partial charge in [-0.15, -0.1) is 0 Å². The van der Waals surface area contributed by atoms with Crippen LogP contribution in [0.2, 0.25) is 5.02 Å². The van der Waals surface area contributed by atoms with Crippen LogP contribution < -0.4 is 10.2 Å². The first-order valence-corrected chi connectivity index (χ1v) is 9.36. The van der Waals surface area contributed by atoms with E-state index < -0.39 is 5.97 Å². The molecule has 0 radical (unpaired) electrons. The maximum Gasteiger partial charge on any atom is 0.343 e. The Kier molecular flexibility index (Phi) is 6.57. The fraction of sp³-hybridized carbons (Fsp3) is 0. The van der Waals surface area contributed by atoms with Crippen LogP contribution in [0, 0.1) is 0 Å². The molecule has 140 valence electrons. The first kappa shape index (κ1) is 19.8.